The summed E-state index contributed by atoms with van der Waals surface area (Å²) in [4.78, 5) is 13.7. The minimum atomic E-state index is -0.132. The minimum absolute atomic E-state index is 0.0434. The van der Waals surface area contributed by atoms with Gasteiger partial charge in [-0.1, -0.05) is 6.07 Å². The molecule has 1 aromatic rings. The first-order chi connectivity index (χ1) is 9.15. The van der Waals surface area contributed by atoms with E-state index in [4.69, 9.17) is 14.6 Å². The molecule has 1 N–H and O–H groups in total. The van der Waals surface area contributed by atoms with E-state index in [-0.39, 0.29) is 25.2 Å². The van der Waals surface area contributed by atoms with Crippen molar-refractivity contribution in [3.63, 3.8) is 0 Å². The molecule has 1 heterocycles. The molecule has 1 aliphatic rings. The van der Waals surface area contributed by atoms with E-state index in [9.17, 15) is 4.79 Å². The van der Waals surface area contributed by atoms with Crippen LogP contribution in [-0.2, 0) is 9.53 Å². The number of hydrogen-bond acceptors (Lipinski definition) is 4. The van der Waals surface area contributed by atoms with Crippen LogP contribution in [0.3, 0.4) is 0 Å². The Morgan fingerprint density at radius 1 is 1.53 bits per heavy atom. The van der Waals surface area contributed by atoms with Crippen molar-refractivity contribution in [3.8, 4) is 5.75 Å². The molecule has 1 aliphatic heterocycles. The lowest BCUT2D eigenvalue weighted by atomic mass is 10.1. The Hall–Kier alpha value is -1.59. The number of nitrogens with zero attached hydrogens (tertiary/aromatic N) is 1. The maximum absolute atomic E-state index is 12.0. The Balaban J connectivity index is 2.27. The van der Waals surface area contributed by atoms with E-state index in [2.05, 4.69) is 0 Å². The zero-order chi connectivity index (χ0) is 13.8. The molecule has 1 unspecified atom stereocenters. The molecule has 0 aliphatic carbocycles. The summed E-state index contributed by atoms with van der Waals surface area (Å²) in [5, 5.41) is 8.98. The van der Waals surface area contributed by atoms with Crippen molar-refractivity contribution in [1.29, 1.82) is 0 Å². The van der Waals surface area contributed by atoms with Crippen molar-refractivity contribution in [3.05, 3.63) is 23.8 Å². The summed E-state index contributed by atoms with van der Waals surface area (Å²) in [7, 11) is 1.59. The Morgan fingerprint density at radius 2 is 2.32 bits per heavy atom. The molecule has 0 bridgehead atoms. The average Bonchev–Trinajstić information content (AvgIpc) is 2.41. The summed E-state index contributed by atoms with van der Waals surface area (Å²) in [6.45, 7) is 2.51. The standard InChI is InChI=1S/C14H19NO4/c1-10-3-4-13(18-2)12(7-10)15-8-11(5-6-16)19-9-14(15)17/h3-4,7,11,16H,5-6,8-9H2,1-2H3. The predicted molar refractivity (Wildman–Crippen MR) is 71.5 cm³/mol. The number of amides is 1. The van der Waals surface area contributed by atoms with Gasteiger partial charge < -0.3 is 19.5 Å². The van der Waals surface area contributed by atoms with Gasteiger partial charge in [-0.05, 0) is 31.0 Å². The minimum Gasteiger partial charge on any atom is -0.495 e. The zero-order valence-corrected chi connectivity index (χ0v) is 11.3. The smallest absolute Gasteiger partial charge is 0.253 e. The number of ether oxygens (including phenoxy) is 2. The summed E-state index contributed by atoms with van der Waals surface area (Å²) in [6.07, 6.45) is 0.394. The number of carbonyl (C=O) groups is 1. The first-order valence-corrected chi connectivity index (χ1v) is 6.33. The molecule has 5 heteroatoms. The number of anilines is 1. The first-order valence-electron chi connectivity index (χ1n) is 6.33. The molecule has 1 fully saturated rings. The van der Waals surface area contributed by atoms with Crippen LogP contribution in [0, 0.1) is 6.92 Å². The lowest BCUT2D eigenvalue weighted by Crippen LogP contribution is -2.47. The van der Waals surface area contributed by atoms with Gasteiger partial charge in [-0.15, -0.1) is 0 Å². The van der Waals surface area contributed by atoms with Crippen LogP contribution in [0.15, 0.2) is 18.2 Å². The fraction of sp³-hybridized carbons (Fsp3) is 0.500. The normalized spacial score (nSPS) is 19.6. The fourth-order valence-electron chi connectivity index (χ4n) is 2.19. The molecule has 0 aromatic heterocycles. The largest absolute Gasteiger partial charge is 0.495 e. The molecular formula is C14H19NO4. The predicted octanol–water partition coefficient (Wildman–Crippen LogP) is 1.12. The maximum atomic E-state index is 12.0. The number of hydrogen-bond donors (Lipinski definition) is 1. The van der Waals surface area contributed by atoms with Crippen LogP contribution in [0.5, 0.6) is 5.75 Å². The van der Waals surface area contributed by atoms with Crippen LogP contribution in [0.2, 0.25) is 0 Å². The highest BCUT2D eigenvalue weighted by molar-refractivity contribution is 5.96. The average molecular weight is 265 g/mol. The third-order valence-corrected chi connectivity index (χ3v) is 3.21. The lowest BCUT2D eigenvalue weighted by Gasteiger charge is -2.33. The van der Waals surface area contributed by atoms with Gasteiger partial charge in [-0.2, -0.15) is 0 Å². The van der Waals surface area contributed by atoms with E-state index < -0.39 is 0 Å². The molecule has 0 radical (unpaired) electrons. The van der Waals surface area contributed by atoms with E-state index in [0.29, 0.717) is 18.7 Å². The van der Waals surface area contributed by atoms with Crippen molar-refractivity contribution < 1.29 is 19.4 Å². The number of methoxy groups -OCH3 is 1. The highest BCUT2D eigenvalue weighted by Crippen LogP contribution is 2.31. The van der Waals surface area contributed by atoms with Crippen molar-refractivity contribution in [2.24, 2.45) is 0 Å². The molecular weight excluding hydrogens is 246 g/mol. The number of aliphatic hydroxyl groups is 1. The summed E-state index contributed by atoms with van der Waals surface area (Å²) in [6, 6.07) is 5.73. The molecule has 5 nitrogen and oxygen atoms in total. The van der Waals surface area contributed by atoms with Crippen molar-refractivity contribution in [1.82, 2.24) is 0 Å². The molecule has 0 saturated carbocycles. The first kappa shape index (κ1) is 13.8. The van der Waals surface area contributed by atoms with E-state index in [1.165, 1.54) is 0 Å². The maximum Gasteiger partial charge on any atom is 0.253 e. The Bertz CT molecular complexity index is 461. The monoisotopic (exact) mass is 265 g/mol. The number of aryl methyl sites for hydroxylation is 1. The number of benzene rings is 1. The van der Waals surface area contributed by atoms with Crippen molar-refractivity contribution >= 4 is 11.6 Å². The Labute approximate surface area is 112 Å². The third-order valence-electron chi connectivity index (χ3n) is 3.21. The quantitative estimate of drug-likeness (QED) is 0.886. The van der Waals surface area contributed by atoms with Gasteiger partial charge in [0.2, 0.25) is 0 Å². The second-order valence-electron chi connectivity index (χ2n) is 4.62. The van der Waals surface area contributed by atoms with E-state index in [0.717, 1.165) is 11.3 Å². The zero-order valence-electron chi connectivity index (χ0n) is 11.3. The van der Waals surface area contributed by atoms with Crippen LogP contribution >= 0.6 is 0 Å². The van der Waals surface area contributed by atoms with Crippen LogP contribution in [0.25, 0.3) is 0 Å². The van der Waals surface area contributed by atoms with Gasteiger partial charge in [-0.25, -0.2) is 0 Å². The summed E-state index contributed by atoms with van der Waals surface area (Å²) in [5.41, 5.74) is 1.83. The van der Waals surface area contributed by atoms with Crippen LogP contribution < -0.4 is 9.64 Å². The number of aliphatic hydroxyl groups excluding tert-OH is 1. The van der Waals surface area contributed by atoms with Gasteiger partial charge in [0.15, 0.2) is 0 Å². The van der Waals surface area contributed by atoms with Gasteiger partial charge in [-0.3, -0.25) is 4.79 Å². The number of rotatable bonds is 4. The van der Waals surface area contributed by atoms with Crippen molar-refractivity contribution in [2.45, 2.75) is 19.4 Å². The molecule has 104 valence electrons. The Morgan fingerprint density at radius 3 is 3.00 bits per heavy atom. The van der Waals surface area contributed by atoms with Gasteiger partial charge in [0.05, 0.1) is 25.4 Å². The Kier molecular flexibility index (Phi) is 4.39. The SMILES string of the molecule is COc1ccc(C)cc1N1CC(CCO)OCC1=O. The van der Waals surface area contributed by atoms with Crippen LogP contribution in [-0.4, -0.2) is 44.0 Å². The topological polar surface area (TPSA) is 59.0 Å². The van der Waals surface area contributed by atoms with Crippen molar-refractivity contribution in [2.75, 3.05) is 31.8 Å². The molecule has 19 heavy (non-hydrogen) atoms. The fourth-order valence-corrected chi connectivity index (χ4v) is 2.19. The molecule has 2 rings (SSSR count). The van der Waals surface area contributed by atoms with Gasteiger partial charge in [0.1, 0.15) is 12.4 Å². The van der Waals surface area contributed by atoms with E-state index in [1.54, 1.807) is 12.0 Å². The highest BCUT2D eigenvalue weighted by atomic mass is 16.5. The lowest BCUT2D eigenvalue weighted by molar-refractivity contribution is -0.129. The second-order valence-corrected chi connectivity index (χ2v) is 4.62. The van der Waals surface area contributed by atoms with Gasteiger partial charge in [0.25, 0.3) is 5.91 Å². The summed E-state index contributed by atoms with van der Waals surface area (Å²) in [5.74, 6) is 0.585. The number of carbonyl (C=O) groups excluding carboxylic acids is 1. The van der Waals surface area contributed by atoms with Crippen LogP contribution in [0.1, 0.15) is 12.0 Å². The third kappa shape index (κ3) is 3.05. The second kappa shape index (κ2) is 6.04. The van der Waals surface area contributed by atoms with Gasteiger partial charge in [0, 0.05) is 6.61 Å². The van der Waals surface area contributed by atoms with E-state index >= 15 is 0 Å². The molecule has 1 amide bonds. The van der Waals surface area contributed by atoms with Gasteiger partial charge >= 0.3 is 0 Å². The van der Waals surface area contributed by atoms with E-state index in [1.807, 2.05) is 25.1 Å². The molecule has 0 spiro atoms. The summed E-state index contributed by atoms with van der Waals surface area (Å²) >= 11 is 0. The molecule has 1 aromatic carbocycles. The highest BCUT2D eigenvalue weighted by Gasteiger charge is 2.28. The van der Waals surface area contributed by atoms with Crippen LogP contribution in [0.4, 0.5) is 5.69 Å². The molecule has 1 atom stereocenters. The summed E-state index contributed by atoms with van der Waals surface area (Å²) < 4.78 is 10.7. The number of morpholine rings is 1. The molecule has 1 saturated heterocycles.